The normalized spacial score (nSPS) is 18.1. The minimum absolute atomic E-state index is 0.652. The van der Waals surface area contributed by atoms with Gasteiger partial charge in [-0.25, -0.2) is 0 Å². The van der Waals surface area contributed by atoms with Gasteiger partial charge in [0.25, 0.3) is 0 Å². The van der Waals surface area contributed by atoms with Gasteiger partial charge in [-0.05, 0) is 31.2 Å². The van der Waals surface area contributed by atoms with Crippen LogP contribution in [0.25, 0.3) is 0 Å². The van der Waals surface area contributed by atoms with Gasteiger partial charge in [-0.2, -0.15) is 0 Å². The van der Waals surface area contributed by atoms with Crippen molar-refractivity contribution in [3.63, 3.8) is 0 Å². The van der Waals surface area contributed by atoms with E-state index >= 15 is 0 Å². The Labute approximate surface area is 107 Å². The first-order valence-corrected chi connectivity index (χ1v) is 7.13. The van der Waals surface area contributed by atoms with Crippen molar-refractivity contribution < 1.29 is 0 Å². The molecule has 0 aliphatic heterocycles. The van der Waals surface area contributed by atoms with Crippen LogP contribution in [0.2, 0.25) is 0 Å². The van der Waals surface area contributed by atoms with E-state index in [4.69, 9.17) is 0 Å². The Bertz CT molecular complexity index is 219. The summed E-state index contributed by atoms with van der Waals surface area (Å²) in [7, 11) is 0. The number of rotatable bonds is 9. The molecule has 2 nitrogen and oxygen atoms in total. The Morgan fingerprint density at radius 3 is 2.29 bits per heavy atom. The monoisotopic (exact) mass is 238 g/mol. The standard InChI is InChI=1S/C15H30N2/c1-6-9-17(14-7-8-14)15(13(4)5)11-16-10-12(2)3/h6,12-16H,1,7-11H2,2-5H3. The Kier molecular flexibility index (Phi) is 6.21. The van der Waals surface area contributed by atoms with Gasteiger partial charge in [-0.1, -0.05) is 33.8 Å². The summed E-state index contributed by atoms with van der Waals surface area (Å²) in [5.41, 5.74) is 0. The van der Waals surface area contributed by atoms with Crippen LogP contribution in [0.1, 0.15) is 40.5 Å². The fourth-order valence-corrected chi connectivity index (χ4v) is 2.37. The lowest BCUT2D eigenvalue weighted by Crippen LogP contribution is -2.47. The second-order valence-corrected chi connectivity index (χ2v) is 6.08. The summed E-state index contributed by atoms with van der Waals surface area (Å²) in [5, 5.41) is 3.61. The van der Waals surface area contributed by atoms with E-state index in [2.05, 4.69) is 50.6 Å². The van der Waals surface area contributed by atoms with E-state index in [1.54, 1.807) is 0 Å². The van der Waals surface area contributed by atoms with Crippen molar-refractivity contribution in [2.75, 3.05) is 19.6 Å². The maximum absolute atomic E-state index is 3.90. The van der Waals surface area contributed by atoms with Gasteiger partial charge in [0, 0.05) is 25.2 Å². The number of nitrogens with one attached hydrogen (secondary N) is 1. The zero-order valence-corrected chi connectivity index (χ0v) is 12.1. The lowest BCUT2D eigenvalue weighted by Gasteiger charge is -2.34. The quantitative estimate of drug-likeness (QED) is 0.621. The van der Waals surface area contributed by atoms with Crippen molar-refractivity contribution in [1.29, 1.82) is 0 Å². The molecule has 0 aromatic rings. The second kappa shape index (κ2) is 7.17. The molecule has 1 N–H and O–H groups in total. The minimum Gasteiger partial charge on any atom is -0.315 e. The molecule has 0 bridgehead atoms. The van der Waals surface area contributed by atoms with E-state index in [9.17, 15) is 0 Å². The second-order valence-electron chi connectivity index (χ2n) is 6.08. The minimum atomic E-state index is 0.652. The third-order valence-electron chi connectivity index (χ3n) is 3.46. The van der Waals surface area contributed by atoms with Crippen LogP contribution >= 0.6 is 0 Å². The zero-order chi connectivity index (χ0) is 12.8. The van der Waals surface area contributed by atoms with Crippen LogP contribution in [0.15, 0.2) is 12.7 Å². The molecule has 0 heterocycles. The van der Waals surface area contributed by atoms with Gasteiger partial charge >= 0.3 is 0 Å². The van der Waals surface area contributed by atoms with Crippen LogP contribution in [-0.4, -0.2) is 36.6 Å². The van der Waals surface area contributed by atoms with E-state index in [1.807, 2.05) is 0 Å². The number of hydrogen-bond donors (Lipinski definition) is 1. The molecule has 0 radical (unpaired) electrons. The molecule has 1 rings (SSSR count). The molecule has 17 heavy (non-hydrogen) atoms. The molecule has 1 aliphatic rings. The van der Waals surface area contributed by atoms with Crippen LogP contribution in [0, 0.1) is 11.8 Å². The van der Waals surface area contributed by atoms with Gasteiger partial charge in [-0.15, -0.1) is 6.58 Å². The highest BCUT2D eigenvalue weighted by atomic mass is 15.2. The summed E-state index contributed by atoms with van der Waals surface area (Å²) in [6, 6.07) is 1.47. The van der Waals surface area contributed by atoms with Crippen LogP contribution in [0.3, 0.4) is 0 Å². The molecule has 2 heteroatoms. The van der Waals surface area contributed by atoms with E-state index in [0.717, 1.165) is 31.6 Å². The smallest absolute Gasteiger partial charge is 0.0249 e. The summed E-state index contributed by atoms with van der Waals surface area (Å²) in [5.74, 6) is 1.44. The average Bonchev–Trinajstić information content (AvgIpc) is 3.04. The number of nitrogens with zero attached hydrogens (tertiary/aromatic N) is 1. The highest BCUT2D eigenvalue weighted by molar-refractivity contribution is 4.93. The maximum atomic E-state index is 3.90. The lowest BCUT2D eigenvalue weighted by molar-refractivity contribution is 0.158. The average molecular weight is 238 g/mol. The third-order valence-corrected chi connectivity index (χ3v) is 3.46. The summed E-state index contributed by atoms with van der Waals surface area (Å²) in [6.45, 7) is 16.4. The van der Waals surface area contributed by atoms with E-state index < -0.39 is 0 Å². The molecular formula is C15H30N2. The first-order chi connectivity index (χ1) is 8.06. The van der Waals surface area contributed by atoms with Gasteiger partial charge < -0.3 is 5.32 Å². The summed E-state index contributed by atoms with van der Waals surface area (Å²) < 4.78 is 0. The molecule has 1 aliphatic carbocycles. The molecule has 0 spiro atoms. The van der Waals surface area contributed by atoms with Crippen LogP contribution in [0.4, 0.5) is 0 Å². The molecule has 1 atom stereocenters. The molecule has 1 unspecified atom stereocenters. The SMILES string of the molecule is C=CCN(C1CC1)C(CNCC(C)C)C(C)C. The summed E-state index contributed by atoms with van der Waals surface area (Å²) in [4.78, 5) is 2.64. The fraction of sp³-hybridized carbons (Fsp3) is 0.867. The lowest BCUT2D eigenvalue weighted by atomic mass is 10.0. The Balaban J connectivity index is 2.46. The first-order valence-electron chi connectivity index (χ1n) is 7.13. The van der Waals surface area contributed by atoms with Crippen molar-refractivity contribution >= 4 is 0 Å². The van der Waals surface area contributed by atoms with Crippen molar-refractivity contribution in [2.24, 2.45) is 11.8 Å². The number of hydrogen-bond acceptors (Lipinski definition) is 2. The zero-order valence-electron chi connectivity index (χ0n) is 12.1. The molecule has 0 aromatic carbocycles. The third kappa shape index (κ3) is 5.22. The largest absolute Gasteiger partial charge is 0.315 e. The van der Waals surface area contributed by atoms with E-state index in [1.165, 1.54) is 12.8 Å². The van der Waals surface area contributed by atoms with Gasteiger partial charge in [0.15, 0.2) is 0 Å². The first kappa shape index (κ1) is 14.7. The Morgan fingerprint density at radius 1 is 1.24 bits per heavy atom. The van der Waals surface area contributed by atoms with Crippen molar-refractivity contribution in [1.82, 2.24) is 10.2 Å². The van der Waals surface area contributed by atoms with Gasteiger partial charge in [-0.3, -0.25) is 4.90 Å². The van der Waals surface area contributed by atoms with Crippen LogP contribution in [-0.2, 0) is 0 Å². The van der Waals surface area contributed by atoms with Gasteiger partial charge in [0.1, 0.15) is 0 Å². The van der Waals surface area contributed by atoms with E-state index in [0.29, 0.717) is 12.0 Å². The highest BCUT2D eigenvalue weighted by Crippen LogP contribution is 2.30. The molecule has 0 amide bonds. The molecule has 1 fully saturated rings. The topological polar surface area (TPSA) is 15.3 Å². The summed E-state index contributed by atoms with van der Waals surface area (Å²) in [6.07, 6.45) is 4.80. The van der Waals surface area contributed by atoms with Crippen molar-refractivity contribution in [3.05, 3.63) is 12.7 Å². The predicted octanol–water partition coefficient (Wildman–Crippen LogP) is 2.91. The fourth-order valence-electron chi connectivity index (χ4n) is 2.37. The van der Waals surface area contributed by atoms with Crippen LogP contribution in [0.5, 0.6) is 0 Å². The molecular weight excluding hydrogens is 208 g/mol. The maximum Gasteiger partial charge on any atom is 0.0249 e. The summed E-state index contributed by atoms with van der Waals surface area (Å²) >= 11 is 0. The van der Waals surface area contributed by atoms with Crippen molar-refractivity contribution in [3.8, 4) is 0 Å². The van der Waals surface area contributed by atoms with E-state index in [-0.39, 0.29) is 0 Å². The Morgan fingerprint density at radius 2 is 1.88 bits per heavy atom. The van der Waals surface area contributed by atoms with Gasteiger partial charge in [0.2, 0.25) is 0 Å². The highest BCUT2D eigenvalue weighted by Gasteiger charge is 2.34. The van der Waals surface area contributed by atoms with Crippen molar-refractivity contribution in [2.45, 2.75) is 52.6 Å². The predicted molar refractivity (Wildman–Crippen MR) is 76.3 cm³/mol. The molecule has 100 valence electrons. The molecule has 0 saturated heterocycles. The van der Waals surface area contributed by atoms with Gasteiger partial charge in [0.05, 0.1) is 0 Å². The van der Waals surface area contributed by atoms with Crippen LogP contribution < -0.4 is 5.32 Å². The Hall–Kier alpha value is -0.340. The molecule has 0 aromatic heterocycles. The molecule has 1 saturated carbocycles.